The Morgan fingerprint density at radius 2 is 2.38 bits per heavy atom. The molecule has 0 amide bonds. The maximum absolute atomic E-state index is 11.8. The summed E-state index contributed by atoms with van der Waals surface area (Å²) in [5, 5.41) is 3.36. The number of rotatable bonds is 3. The van der Waals surface area contributed by atoms with Crippen molar-refractivity contribution in [3.8, 4) is 0 Å². The van der Waals surface area contributed by atoms with Gasteiger partial charge in [-0.15, -0.1) is 0 Å². The van der Waals surface area contributed by atoms with E-state index >= 15 is 0 Å². The fourth-order valence-electron chi connectivity index (χ4n) is 1.59. The van der Waals surface area contributed by atoms with Gasteiger partial charge in [0.1, 0.15) is 5.69 Å². The number of nitrogens with one attached hydrogen (secondary N) is 1. The summed E-state index contributed by atoms with van der Waals surface area (Å²) in [5.74, 6) is 1.17. The maximum atomic E-state index is 11.8. The zero-order valence-electron chi connectivity index (χ0n) is 9.56. The van der Waals surface area contributed by atoms with E-state index in [2.05, 4.69) is 24.1 Å². The van der Waals surface area contributed by atoms with Gasteiger partial charge in [0, 0.05) is 18.5 Å². The van der Waals surface area contributed by atoms with Crippen LogP contribution in [0.15, 0.2) is 29.3 Å². The van der Waals surface area contributed by atoms with Gasteiger partial charge in [-0.05, 0) is 24.1 Å². The first-order chi connectivity index (χ1) is 7.68. The molecule has 1 aliphatic rings. The average Bonchev–Trinajstić information content (AvgIpc) is 2.28. The van der Waals surface area contributed by atoms with Crippen LogP contribution in [0.1, 0.15) is 19.5 Å². The summed E-state index contributed by atoms with van der Waals surface area (Å²) >= 11 is 0. The van der Waals surface area contributed by atoms with E-state index in [1.165, 1.54) is 0 Å². The molecule has 0 aliphatic carbocycles. The number of pyridine rings is 1. The van der Waals surface area contributed by atoms with Crippen molar-refractivity contribution in [2.45, 2.75) is 18.7 Å². The Morgan fingerprint density at radius 3 is 3.12 bits per heavy atom. The van der Waals surface area contributed by atoms with Crippen molar-refractivity contribution in [3.63, 3.8) is 0 Å². The van der Waals surface area contributed by atoms with Crippen molar-refractivity contribution in [1.29, 1.82) is 0 Å². The minimum absolute atomic E-state index is 0.582. The summed E-state index contributed by atoms with van der Waals surface area (Å²) in [6, 6.07) is 3.73. The summed E-state index contributed by atoms with van der Waals surface area (Å²) in [5.41, 5.74) is 1.86. The first-order valence-corrected chi connectivity index (χ1v) is 6.78. The third-order valence-electron chi connectivity index (χ3n) is 2.41. The molecule has 1 atom stereocenters. The molecule has 0 fully saturated rings. The molecule has 0 radical (unpaired) electrons. The van der Waals surface area contributed by atoms with Gasteiger partial charge in [0.2, 0.25) is 0 Å². The van der Waals surface area contributed by atoms with Crippen LogP contribution in [0.3, 0.4) is 0 Å². The van der Waals surface area contributed by atoms with E-state index in [-0.39, 0.29) is 0 Å². The van der Waals surface area contributed by atoms with Crippen LogP contribution in [-0.4, -0.2) is 21.5 Å². The Hall–Kier alpha value is -1.16. The molecule has 0 bridgehead atoms. The van der Waals surface area contributed by atoms with Crippen LogP contribution in [0.4, 0.5) is 0 Å². The van der Waals surface area contributed by atoms with E-state index in [0.717, 1.165) is 22.8 Å². The average molecular weight is 236 g/mol. The molecule has 1 aromatic rings. The Bertz CT molecular complexity index is 440. The molecule has 16 heavy (non-hydrogen) atoms. The molecule has 0 aromatic carbocycles. The van der Waals surface area contributed by atoms with Crippen LogP contribution in [0.2, 0.25) is 0 Å². The van der Waals surface area contributed by atoms with E-state index in [4.69, 9.17) is 0 Å². The second kappa shape index (κ2) is 4.78. The van der Waals surface area contributed by atoms with Gasteiger partial charge in [-0.25, -0.2) is 0 Å². The number of fused-ring (bicyclic) bond motifs is 1. The fraction of sp³-hybridized carbons (Fsp3) is 0.417. The minimum Gasteiger partial charge on any atom is -0.383 e. The Labute approximate surface area is 98.4 Å². The second-order valence-corrected chi connectivity index (χ2v) is 5.72. The van der Waals surface area contributed by atoms with Crippen LogP contribution in [0.25, 0.3) is 5.70 Å². The third-order valence-corrected chi connectivity index (χ3v) is 3.70. The number of hydrogen-bond acceptors (Lipinski definition) is 3. The van der Waals surface area contributed by atoms with Crippen LogP contribution in [0.5, 0.6) is 0 Å². The molecule has 1 aromatic heterocycles. The van der Waals surface area contributed by atoms with Gasteiger partial charge in [0.15, 0.2) is 0 Å². The van der Waals surface area contributed by atoms with Crippen LogP contribution in [0, 0.1) is 5.92 Å². The predicted molar refractivity (Wildman–Crippen MR) is 66.3 cm³/mol. The van der Waals surface area contributed by atoms with Crippen LogP contribution in [-0.2, 0) is 10.8 Å². The highest BCUT2D eigenvalue weighted by Gasteiger charge is 2.18. The van der Waals surface area contributed by atoms with E-state index in [9.17, 15) is 4.21 Å². The molecule has 86 valence electrons. The number of aromatic nitrogens is 1. The van der Waals surface area contributed by atoms with E-state index in [1.807, 2.05) is 18.2 Å². The molecule has 2 rings (SSSR count). The lowest BCUT2D eigenvalue weighted by atomic mass is 10.2. The number of hydrogen-bond donors (Lipinski definition) is 1. The zero-order chi connectivity index (χ0) is 11.5. The number of nitrogens with zero attached hydrogens (tertiary/aromatic N) is 1. The summed E-state index contributed by atoms with van der Waals surface area (Å²) in [7, 11) is -0.929. The highest BCUT2D eigenvalue weighted by molar-refractivity contribution is 7.85. The molecular weight excluding hydrogens is 220 g/mol. The van der Waals surface area contributed by atoms with E-state index in [0.29, 0.717) is 11.7 Å². The fourth-order valence-corrected chi connectivity index (χ4v) is 2.70. The third kappa shape index (κ3) is 2.32. The monoisotopic (exact) mass is 236 g/mol. The lowest BCUT2D eigenvalue weighted by Crippen LogP contribution is -2.22. The minimum atomic E-state index is -0.929. The highest BCUT2D eigenvalue weighted by Crippen LogP contribution is 2.23. The Kier molecular flexibility index (Phi) is 3.39. The van der Waals surface area contributed by atoms with Crippen molar-refractivity contribution >= 4 is 16.5 Å². The molecule has 1 unspecified atom stereocenters. The highest BCUT2D eigenvalue weighted by atomic mass is 32.2. The van der Waals surface area contributed by atoms with Gasteiger partial charge in [0.25, 0.3) is 0 Å². The zero-order valence-corrected chi connectivity index (χ0v) is 10.4. The molecule has 0 saturated heterocycles. The van der Waals surface area contributed by atoms with Crippen LogP contribution >= 0.6 is 0 Å². The molecule has 0 saturated carbocycles. The summed E-state index contributed by atoms with van der Waals surface area (Å²) in [4.78, 5) is 5.15. The van der Waals surface area contributed by atoms with E-state index < -0.39 is 10.8 Å². The van der Waals surface area contributed by atoms with Gasteiger partial charge in [0.05, 0.1) is 21.4 Å². The summed E-state index contributed by atoms with van der Waals surface area (Å²) in [6.07, 6.45) is 3.72. The molecular formula is C12H16N2OS. The topological polar surface area (TPSA) is 42.0 Å². The second-order valence-electron chi connectivity index (χ2n) is 4.25. The van der Waals surface area contributed by atoms with Gasteiger partial charge >= 0.3 is 0 Å². The van der Waals surface area contributed by atoms with Gasteiger partial charge in [-0.1, -0.05) is 13.8 Å². The lowest BCUT2D eigenvalue weighted by molar-refractivity contribution is 0.616. The Balaban J connectivity index is 2.25. The SMILES string of the molecule is CC(C)CNC1=CCS(=O)c2cccnc21. The summed E-state index contributed by atoms with van der Waals surface area (Å²) in [6.45, 7) is 5.23. The smallest absolute Gasteiger partial charge is 0.102 e. The van der Waals surface area contributed by atoms with Crippen molar-refractivity contribution in [1.82, 2.24) is 10.3 Å². The lowest BCUT2D eigenvalue weighted by Gasteiger charge is -2.18. The van der Waals surface area contributed by atoms with Crippen molar-refractivity contribution in [3.05, 3.63) is 30.1 Å². The largest absolute Gasteiger partial charge is 0.383 e. The quantitative estimate of drug-likeness (QED) is 0.870. The maximum Gasteiger partial charge on any atom is 0.102 e. The van der Waals surface area contributed by atoms with Gasteiger partial charge in [-0.3, -0.25) is 9.19 Å². The molecule has 1 aliphatic heterocycles. The molecule has 3 nitrogen and oxygen atoms in total. The molecule has 0 spiro atoms. The van der Waals surface area contributed by atoms with Gasteiger partial charge < -0.3 is 5.32 Å². The molecule has 2 heterocycles. The summed E-state index contributed by atoms with van der Waals surface area (Å²) < 4.78 is 11.8. The Morgan fingerprint density at radius 1 is 1.56 bits per heavy atom. The molecule has 4 heteroatoms. The predicted octanol–water partition coefficient (Wildman–Crippen LogP) is 1.79. The van der Waals surface area contributed by atoms with Crippen molar-refractivity contribution in [2.24, 2.45) is 5.92 Å². The standard InChI is InChI=1S/C12H16N2OS/c1-9(2)8-14-10-5-7-16(15)11-4-3-6-13-12(10)11/h3-6,9,14H,7-8H2,1-2H3. The normalized spacial score (nSPS) is 19.2. The van der Waals surface area contributed by atoms with Crippen LogP contribution < -0.4 is 5.32 Å². The molecule has 1 N–H and O–H groups in total. The van der Waals surface area contributed by atoms with E-state index in [1.54, 1.807) is 6.20 Å². The first kappa shape index (κ1) is 11.3. The van der Waals surface area contributed by atoms with Crippen molar-refractivity contribution in [2.75, 3.05) is 12.3 Å². The first-order valence-electron chi connectivity index (χ1n) is 5.46. The van der Waals surface area contributed by atoms with Gasteiger partial charge in [-0.2, -0.15) is 0 Å². The van der Waals surface area contributed by atoms with Crippen molar-refractivity contribution < 1.29 is 4.21 Å².